The lowest BCUT2D eigenvalue weighted by Gasteiger charge is -2.29. The molecule has 3 aromatic heterocycles. The summed E-state index contributed by atoms with van der Waals surface area (Å²) >= 11 is 3.34. The van der Waals surface area contributed by atoms with Gasteiger partial charge in [0.25, 0.3) is 5.56 Å². The van der Waals surface area contributed by atoms with Gasteiger partial charge in [0, 0.05) is 30.2 Å². The molecule has 1 fully saturated rings. The Balaban J connectivity index is 1.47. The van der Waals surface area contributed by atoms with Gasteiger partial charge >= 0.3 is 0 Å². The van der Waals surface area contributed by atoms with Gasteiger partial charge in [0.1, 0.15) is 0 Å². The summed E-state index contributed by atoms with van der Waals surface area (Å²) < 4.78 is 4.26. The third kappa shape index (κ3) is 3.99. The molecule has 8 nitrogen and oxygen atoms in total. The first-order valence-electron chi connectivity index (χ1n) is 9.37. The molecular weight excluding hydrogens is 422 g/mol. The number of rotatable bonds is 4. The van der Waals surface area contributed by atoms with Crippen molar-refractivity contribution in [1.29, 1.82) is 0 Å². The molecule has 0 atom stereocenters. The molecule has 1 N–H and O–H groups in total. The fourth-order valence-corrected chi connectivity index (χ4v) is 3.89. The van der Waals surface area contributed by atoms with Crippen LogP contribution in [0.4, 0.5) is 5.95 Å². The van der Waals surface area contributed by atoms with Crippen LogP contribution >= 0.6 is 15.9 Å². The summed E-state index contributed by atoms with van der Waals surface area (Å²) in [5.74, 6) is 1.31. The van der Waals surface area contributed by atoms with Gasteiger partial charge < -0.3 is 5.32 Å². The molecule has 0 aromatic carbocycles. The highest BCUT2D eigenvalue weighted by atomic mass is 79.9. The van der Waals surface area contributed by atoms with Crippen molar-refractivity contribution in [3.8, 4) is 5.82 Å². The third-order valence-electron chi connectivity index (χ3n) is 5.03. The Morgan fingerprint density at radius 2 is 1.79 bits per heavy atom. The van der Waals surface area contributed by atoms with Gasteiger partial charge in [-0.15, -0.1) is 5.10 Å². The Kier molecular flexibility index (Phi) is 5.25. The number of nitrogens with zero attached hydrogens (tertiary/aromatic N) is 6. The van der Waals surface area contributed by atoms with Crippen LogP contribution in [0.15, 0.2) is 39.9 Å². The number of aromatic nitrogens is 6. The lowest BCUT2D eigenvalue weighted by Crippen LogP contribution is -2.34. The zero-order valence-electron chi connectivity index (χ0n) is 15.8. The molecule has 0 amide bonds. The Morgan fingerprint density at radius 1 is 1.07 bits per heavy atom. The second kappa shape index (κ2) is 7.83. The van der Waals surface area contributed by atoms with Crippen molar-refractivity contribution in [3.63, 3.8) is 0 Å². The quantitative estimate of drug-likeness (QED) is 0.665. The molecule has 0 bridgehead atoms. The predicted molar refractivity (Wildman–Crippen MR) is 110 cm³/mol. The minimum Gasteiger partial charge on any atom is -0.351 e. The minimum atomic E-state index is -0.0714. The number of halogens is 1. The maximum atomic E-state index is 12.4. The van der Waals surface area contributed by atoms with Gasteiger partial charge in [0.15, 0.2) is 5.82 Å². The summed E-state index contributed by atoms with van der Waals surface area (Å²) in [6.45, 7) is 3.93. The van der Waals surface area contributed by atoms with E-state index < -0.39 is 0 Å². The molecule has 0 spiro atoms. The van der Waals surface area contributed by atoms with Crippen LogP contribution in [0.3, 0.4) is 0 Å². The van der Waals surface area contributed by atoms with E-state index in [9.17, 15) is 4.79 Å². The maximum absolute atomic E-state index is 12.4. The number of hydrogen-bond donors (Lipinski definition) is 1. The monoisotopic (exact) mass is 443 g/mol. The summed E-state index contributed by atoms with van der Waals surface area (Å²) in [6, 6.07) is 5.70. The van der Waals surface area contributed by atoms with E-state index in [1.807, 2.05) is 19.9 Å². The second-order valence-electron chi connectivity index (χ2n) is 7.19. The molecule has 3 aromatic rings. The molecule has 1 saturated carbocycles. The molecule has 1 aliphatic rings. The standard InChI is InChI=1S/C19H22BrN7O/c1-12-9-13(2)26(24-12)17-7-8-18(28)27(25-17)16-5-3-15(4-6-16)23-19-21-10-14(20)11-22-19/h7-11,15-16H,3-6H2,1-2H3,(H,21,22,23). The average molecular weight is 444 g/mol. The van der Waals surface area contributed by atoms with Crippen molar-refractivity contribution < 1.29 is 0 Å². The van der Waals surface area contributed by atoms with Gasteiger partial charge in [0.05, 0.1) is 16.2 Å². The number of aryl methyl sites for hydroxylation is 2. The Hall–Kier alpha value is -2.55. The van der Waals surface area contributed by atoms with E-state index in [-0.39, 0.29) is 11.6 Å². The van der Waals surface area contributed by atoms with Gasteiger partial charge in [-0.25, -0.2) is 19.3 Å². The Morgan fingerprint density at radius 3 is 2.43 bits per heavy atom. The highest BCUT2D eigenvalue weighted by molar-refractivity contribution is 9.10. The predicted octanol–water partition coefficient (Wildman–Crippen LogP) is 3.19. The van der Waals surface area contributed by atoms with Crippen molar-refractivity contribution >= 4 is 21.9 Å². The summed E-state index contributed by atoms with van der Waals surface area (Å²) in [5, 5.41) is 12.5. The zero-order valence-corrected chi connectivity index (χ0v) is 17.4. The second-order valence-corrected chi connectivity index (χ2v) is 8.10. The fraction of sp³-hybridized carbons (Fsp3) is 0.421. The summed E-state index contributed by atoms with van der Waals surface area (Å²) in [7, 11) is 0. The molecule has 0 unspecified atom stereocenters. The molecule has 146 valence electrons. The van der Waals surface area contributed by atoms with Crippen molar-refractivity contribution in [2.24, 2.45) is 0 Å². The largest absolute Gasteiger partial charge is 0.351 e. The lowest BCUT2D eigenvalue weighted by molar-refractivity contribution is 0.302. The van der Waals surface area contributed by atoms with Crippen LogP contribution in [0.5, 0.6) is 0 Å². The summed E-state index contributed by atoms with van der Waals surface area (Å²) in [5.41, 5.74) is 1.86. The smallest absolute Gasteiger partial charge is 0.267 e. The number of hydrogen-bond acceptors (Lipinski definition) is 6. The molecule has 4 rings (SSSR count). The van der Waals surface area contributed by atoms with E-state index >= 15 is 0 Å². The molecule has 0 saturated heterocycles. The van der Waals surface area contributed by atoms with E-state index in [1.165, 1.54) is 0 Å². The van der Waals surface area contributed by atoms with Crippen molar-refractivity contribution in [2.45, 2.75) is 51.6 Å². The molecule has 3 heterocycles. The third-order valence-corrected chi connectivity index (χ3v) is 5.44. The van der Waals surface area contributed by atoms with Crippen molar-refractivity contribution in [1.82, 2.24) is 29.5 Å². The van der Waals surface area contributed by atoms with Gasteiger partial charge in [-0.05, 0) is 67.6 Å². The summed E-state index contributed by atoms with van der Waals surface area (Å²) in [4.78, 5) is 21.0. The fourth-order valence-electron chi connectivity index (χ4n) is 3.68. The van der Waals surface area contributed by atoms with Gasteiger partial charge in [-0.1, -0.05) is 0 Å². The van der Waals surface area contributed by atoms with Crippen molar-refractivity contribution in [2.75, 3.05) is 5.32 Å². The first-order valence-corrected chi connectivity index (χ1v) is 10.2. The maximum Gasteiger partial charge on any atom is 0.267 e. The van der Waals surface area contributed by atoms with Crippen LogP contribution in [0.25, 0.3) is 5.82 Å². The molecule has 28 heavy (non-hydrogen) atoms. The topological polar surface area (TPSA) is 90.5 Å². The van der Waals surface area contributed by atoms with E-state index in [2.05, 4.69) is 41.4 Å². The lowest BCUT2D eigenvalue weighted by atomic mass is 9.91. The molecule has 1 aliphatic carbocycles. The van der Waals surface area contributed by atoms with Crippen LogP contribution in [-0.4, -0.2) is 35.6 Å². The average Bonchev–Trinajstić information content (AvgIpc) is 3.03. The van der Waals surface area contributed by atoms with Crippen LogP contribution in [0.1, 0.15) is 43.1 Å². The Bertz CT molecular complexity index is 1020. The number of anilines is 1. The van der Waals surface area contributed by atoms with E-state index in [1.54, 1.807) is 33.9 Å². The zero-order chi connectivity index (χ0) is 19.7. The van der Waals surface area contributed by atoms with Crippen molar-refractivity contribution in [3.05, 3.63) is 56.8 Å². The van der Waals surface area contributed by atoms with Gasteiger partial charge in [-0.3, -0.25) is 4.79 Å². The first-order chi connectivity index (χ1) is 13.5. The Labute approximate surface area is 171 Å². The van der Waals surface area contributed by atoms with Crippen LogP contribution in [0.2, 0.25) is 0 Å². The van der Waals surface area contributed by atoms with Crippen LogP contribution < -0.4 is 10.9 Å². The number of nitrogens with one attached hydrogen (secondary N) is 1. The molecular formula is C19H22BrN7O. The molecule has 0 radical (unpaired) electrons. The van der Waals surface area contributed by atoms with E-state index in [0.29, 0.717) is 17.8 Å². The normalized spacial score (nSPS) is 19.5. The highest BCUT2D eigenvalue weighted by Crippen LogP contribution is 2.28. The van der Waals surface area contributed by atoms with Crippen LogP contribution in [0, 0.1) is 13.8 Å². The molecule has 0 aliphatic heterocycles. The van der Waals surface area contributed by atoms with E-state index in [4.69, 9.17) is 0 Å². The highest BCUT2D eigenvalue weighted by Gasteiger charge is 2.24. The van der Waals surface area contributed by atoms with Gasteiger partial charge in [0.2, 0.25) is 5.95 Å². The van der Waals surface area contributed by atoms with Crippen LogP contribution in [-0.2, 0) is 0 Å². The minimum absolute atomic E-state index is 0.0714. The SMILES string of the molecule is Cc1cc(C)n(-c2ccc(=O)n(C3CCC(Nc4ncc(Br)cn4)CC3)n2)n1. The molecule has 9 heteroatoms. The van der Waals surface area contributed by atoms with Gasteiger partial charge in [-0.2, -0.15) is 5.10 Å². The first kappa shape index (κ1) is 18.8. The summed E-state index contributed by atoms with van der Waals surface area (Å²) in [6.07, 6.45) is 7.08. The van der Waals surface area contributed by atoms with E-state index in [0.717, 1.165) is 41.5 Å².